The third-order valence-electron chi connectivity index (χ3n) is 2.72. The lowest BCUT2D eigenvalue weighted by atomic mass is 10.2. The Hall–Kier alpha value is -1.07. The second-order valence-corrected chi connectivity index (χ2v) is 4.23. The van der Waals surface area contributed by atoms with E-state index in [1.807, 2.05) is 25.9 Å². The van der Waals surface area contributed by atoms with Crippen LogP contribution in [0.2, 0.25) is 0 Å². The monoisotopic (exact) mass is 227 g/mol. The molecule has 0 aromatic carbocycles. The third-order valence-corrected chi connectivity index (χ3v) is 2.72. The van der Waals surface area contributed by atoms with Gasteiger partial charge in [-0.05, 0) is 20.3 Å². The summed E-state index contributed by atoms with van der Waals surface area (Å²) in [6.45, 7) is 4.39. The Morgan fingerprint density at radius 2 is 2.12 bits per heavy atom. The Morgan fingerprint density at radius 1 is 1.50 bits per heavy atom. The first-order valence-electron chi connectivity index (χ1n) is 5.50. The number of aliphatic hydroxyl groups excluding tert-OH is 2. The molecular formula is C11H21N3O2. The maximum absolute atomic E-state index is 9.31. The van der Waals surface area contributed by atoms with E-state index in [0.29, 0.717) is 6.42 Å². The van der Waals surface area contributed by atoms with Gasteiger partial charge >= 0.3 is 0 Å². The van der Waals surface area contributed by atoms with E-state index in [9.17, 15) is 10.2 Å². The lowest BCUT2D eigenvalue weighted by Gasteiger charge is -2.21. The summed E-state index contributed by atoms with van der Waals surface area (Å²) in [5.74, 6) is 0.917. The molecule has 0 saturated carbocycles. The Labute approximate surface area is 96.3 Å². The molecule has 0 fully saturated rings. The molecule has 0 saturated heterocycles. The van der Waals surface area contributed by atoms with Gasteiger partial charge in [0.15, 0.2) is 0 Å². The van der Waals surface area contributed by atoms with Gasteiger partial charge in [0.25, 0.3) is 0 Å². The highest BCUT2D eigenvalue weighted by atomic mass is 16.3. The SMILES string of the molecule is Cc1nn(C)c(N(C)CCC(C)O)c1CO. The minimum absolute atomic E-state index is 0.00593. The van der Waals surface area contributed by atoms with Crippen molar-refractivity contribution < 1.29 is 10.2 Å². The van der Waals surface area contributed by atoms with Gasteiger partial charge in [0, 0.05) is 26.2 Å². The molecule has 1 heterocycles. The molecule has 2 N–H and O–H groups in total. The van der Waals surface area contributed by atoms with E-state index >= 15 is 0 Å². The van der Waals surface area contributed by atoms with Gasteiger partial charge in [-0.15, -0.1) is 0 Å². The molecule has 0 bridgehead atoms. The van der Waals surface area contributed by atoms with Crippen molar-refractivity contribution in [3.8, 4) is 0 Å². The minimum Gasteiger partial charge on any atom is -0.393 e. The molecule has 5 nitrogen and oxygen atoms in total. The Bertz CT molecular complexity index is 347. The van der Waals surface area contributed by atoms with E-state index < -0.39 is 0 Å². The zero-order chi connectivity index (χ0) is 12.3. The first-order chi connectivity index (χ1) is 7.47. The van der Waals surface area contributed by atoms with E-state index in [-0.39, 0.29) is 12.7 Å². The summed E-state index contributed by atoms with van der Waals surface area (Å²) in [6.07, 6.45) is 0.389. The molecule has 0 aliphatic rings. The van der Waals surface area contributed by atoms with Crippen molar-refractivity contribution in [3.63, 3.8) is 0 Å². The van der Waals surface area contributed by atoms with Crippen molar-refractivity contribution in [2.75, 3.05) is 18.5 Å². The van der Waals surface area contributed by atoms with Crippen LogP contribution in [0.1, 0.15) is 24.6 Å². The molecule has 1 aromatic heterocycles. The van der Waals surface area contributed by atoms with Gasteiger partial charge < -0.3 is 15.1 Å². The molecule has 0 spiro atoms. The second kappa shape index (κ2) is 5.32. The average molecular weight is 227 g/mol. The summed E-state index contributed by atoms with van der Waals surface area (Å²) >= 11 is 0. The number of aliphatic hydroxyl groups is 2. The number of aromatic nitrogens is 2. The van der Waals surface area contributed by atoms with Gasteiger partial charge in [-0.25, -0.2) is 0 Å². The molecule has 5 heteroatoms. The van der Waals surface area contributed by atoms with Crippen molar-refractivity contribution in [2.24, 2.45) is 7.05 Å². The number of nitrogens with zero attached hydrogens (tertiary/aromatic N) is 3. The van der Waals surface area contributed by atoms with Crippen molar-refractivity contribution in [1.82, 2.24) is 9.78 Å². The van der Waals surface area contributed by atoms with Crippen LogP contribution in [0.25, 0.3) is 0 Å². The molecule has 0 aliphatic carbocycles. The predicted octanol–water partition coefficient (Wildman–Crippen LogP) is 0.428. The van der Waals surface area contributed by atoms with Crippen LogP contribution in [0.3, 0.4) is 0 Å². The Morgan fingerprint density at radius 3 is 2.62 bits per heavy atom. The number of hydrogen-bond donors (Lipinski definition) is 2. The topological polar surface area (TPSA) is 61.5 Å². The zero-order valence-corrected chi connectivity index (χ0v) is 10.4. The first kappa shape index (κ1) is 13.0. The summed E-state index contributed by atoms with van der Waals surface area (Å²) in [7, 11) is 3.80. The normalized spacial score (nSPS) is 12.9. The van der Waals surface area contributed by atoms with Crippen molar-refractivity contribution in [1.29, 1.82) is 0 Å². The molecule has 1 aromatic rings. The van der Waals surface area contributed by atoms with Crippen LogP contribution in [0.5, 0.6) is 0 Å². The Kier molecular flexibility index (Phi) is 4.32. The Balaban J connectivity index is 2.85. The smallest absolute Gasteiger partial charge is 0.132 e. The molecule has 92 valence electrons. The van der Waals surface area contributed by atoms with Crippen LogP contribution in [-0.2, 0) is 13.7 Å². The predicted molar refractivity (Wildman–Crippen MR) is 63.4 cm³/mol. The van der Waals surface area contributed by atoms with E-state index in [4.69, 9.17) is 0 Å². The lowest BCUT2D eigenvalue weighted by Crippen LogP contribution is -2.25. The number of hydrogen-bond acceptors (Lipinski definition) is 4. The van der Waals surface area contributed by atoms with Gasteiger partial charge in [0.05, 0.1) is 18.4 Å². The summed E-state index contributed by atoms with van der Waals surface area (Å²) in [6, 6.07) is 0. The van der Waals surface area contributed by atoms with Gasteiger partial charge in [0.1, 0.15) is 5.82 Å². The standard InChI is InChI=1S/C11H21N3O2/c1-8(16)5-6-13(3)11-10(7-15)9(2)12-14(11)4/h8,15-16H,5-7H2,1-4H3. The van der Waals surface area contributed by atoms with Crippen molar-refractivity contribution in [2.45, 2.75) is 33.0 Å². The molecular weight excluding hydrogens is 206 g/mol. The van der Waals surface area contributed by atoms with E-state index in [2.05, 4.69) is 5.10 Å². The van der Waals surface area contributed by atoms with Crippen LogP contribution < -0.4 is 4.90 Å². The zero-order valence-electron chi connectivity index (χ0n) is 10.4. The highest BCUT2D eigenvalue weighted by molar-refractivity contribution is 5.49. The molecule has 0 amide bonds. The first-order valence-corrected chi connectivity index (χ1v) is 5.50. The quantitative estimate of drug-likeness (QED) is 0.765. The van der Waals surface area contributed by atoms with Crippen molar-refractivity contribution >= 4 is 5.82 Å². The van der Waals surface area contributed by atoms with Gasteiger partial charge in [0.2, 0.25) is 0 Å². The summed E-state index contributed by atoms with van der Waals surface area (Å²) in [5, 5.41) is 22.8. The van der Waals surface area contributed by atoms with Crippen LogP contribution in [0.15, 0.2) is 0 Å². The average Bonchev–Trinajstić information content (AvgIpc) is 2.49. The van der Waals surface area contributed by atoms with Crippen LogP contribution in [-0.4, -0.2) is 39.7 Å². The second-order valence-electron chi connectivity index (χ2n) is 4.23. The maximum atomic E-state index is 9.31. The lowest BCUT2D eigenvalue weighted by molar-refractivity contribution is 0.186. The molecule has 0 aliphatic heterocycles. The maximum Gasteiger partial charge on any atom is 0.132 e. The van der Waals surface area contributed by atoms with Crippen LogP contribution in [0, 0.1) is 6.92 Å². The van der Waals surface area contributed by atoms with Crippen molar-refractivity contribution in [3.05, 3.63) is 11.3 Å². The minimum atomic E-state index is -0.311. The fraction of sp³-hybridized carbons (Fsp3) is 0.727. The molecule has 16 heavy (non-hydrogen) atoms. The van der Waals surface area contributed by atoms with Gasteiger partial charge in [-0.1, -0.05) is 0 Å². The van der Waals surface area contributed by atoms with E-state index in [0.717, 1.165) is 23.6 Å². The molecule has 1 unspecified atom stereocenters. The van der Waals surface area contributed by atoms with Gasteiger partial charge in [-0.3, -0.25) is 4.68 Å². The van der Waals surface area contributed by atoms with Gasteiger partial charge in [-0.2, -0.15) is 5.10 Å². The fourth-order valence-corrected chi connectivity index (χ4v) is 1.84. The number of aryl methyl sites for hydroxylation is 2. The number of rotatable bonds is 5. The molecule has 1 atom stereocenters. The summed E-state index contributed by atoms with van der Waals surface area (Å²) in [4.78, 5) is 2.01. The largest absolute Gasteiger partial charge is 0.393 e. The summed E-state index contributed by atoms with van der Waals surface area (Å²) < 4.78 is 1.77. The fourth-order valence-electron chi connectivity index (χ4n) is 1.84. The van der Waals surface area contributed by atoms with E-state index in [1.54, 1.807) is 11.6 Å². The number of anilines is 1. The highest BCUT2D eigenvalue weighted by Gasteiger charge is 2.16. The molecule has 0 radical (unpaired) electrons. The highest BCUT2D eigenvalue weighted by Crippen LogP contribution is 2.22. The third kappa shape index (κ3) is 2.74. The molecule has 1 rings (SSSR count). The van der Waals surface area contributed by atoms with Crippen LogP contribution in [0.4, 0.5) is 5.82 Å². The summed E-state index contributed by atoms with van der Waals surface area (Å²) in [5.41, 5.74) is 1.71. The van der Waals surface area contributed by atoms with E-state index in [1.165, 1.54) is 0 Å². The van der Waals surface area contributed by atoms with Crippen LogP contribution >= 0.6 is 0 Å².